The van der Waals surface area contributed by atoms with E-state index in [1.165, 1.54) is 0 Å². The van der Waals surface area contributed by atoms with Crippen LogP contribution in [0.2, 0.25) is 0 Å². The topological polar surface area (TPSA) is 74.2 Å². The number of ether oxygens (including phenoxy) is 1. The molecule has 1 aromatic heterocycles. The Bertz CT molecular complexity index is 340. The van der Waals surface area contributed by atoms with E-state index in [9.17, 15) is 13.2 Å². The molecule has 0 bridgehead atoms. The van der Waals surface area contributed by atoms with Crippen molar-refractivity contribution >= 4 is 0 Å². The second-order valence-electron chi connectivity index (χ2n) is 3.48. The predicted octanol–water partition coefficient (Wildman–Crippen LogP) is 1.60. The van der Waals surface area contributed by atoms with Crippen LogP contribution in [0.25, 0.3) is 0 Å². The molecule has 0 aromatic carbocycles. The molecule has 1 aromatic rings. The Morgan fingerprint density at radius 2 is 2.18 bits per heavy atom. The van der Waals surface area contributed by atoms with E-state index in [1.54, 1.807) is 0 Å². The predicted molar refractivity (Wildman–Crippen MR) is 52.1 cm³/mol. The third kappa shape index (κ3) is 5.14. The second-order valence-corrected chi connectivity index (χ2v) is 3.48. The summed E-state index contributed by atoms with van der Waals surface area (Å²) in [7, 11) is 0. The van der Waals surface area contributed by atoms with Crippen molar-refractivity contribution in [3.8, 4) is 0 Å². The minimum Gasteiger partial charge on any atom is -0.372 e. The second kappa shape index (κ2) is 5.97. The molecule has 0 spiro atoms. The monoisotopic (exact) mass is 253 g/mol. The van der Waals surface area contributed by atoms with Gasteiger partial charge in [-0.2, -0.15) is 18.2 Å². The molecule has 0 aliphatic carbocycles. The van der Waals surface area contributed by atoms with Gasteiger partial charge >= 0.3 is 6.18 Å². The van der Waals surface area contributed by atoms with Gasteiger partial charge < -0.3 is 15.0 Å². The fourth-order valence-corrected chi connectivity index (χ4v) is 1.05. The average molecular weight is 253 g/mol. The third-order valence-electron chi connectivity index (χ3n) is 1.98. The van der Waals surface area contributed by atoms with E-state index in [2.05, 4.69) is 14.9 Å². The van der Waals surface area contributed by atoms with Gasteiger partial charge in [0.1, 0.15) is 6.61 Å². The molecule has 1 atom stereocenters. The van der Waals surface area contributed by atoms with Crippen LogP contribution in [-0.4, -0.2) is 29.5 Å². The quantitative estimate of drug-likeness (QED) is 0.779. The Hall–Kier alpha value is -1.15. The van der Waals surface area contributed by atoms with Crippen molar-refractivity contribution < 1.29 is 22.4 Å². The molecule has 17 heavy (non-hydrogen) atoms. The van der Waals surface area contributed by atoms with Gasteiger partial charge in [0.15, 0.2) is 5.82 Å². The summed E-state index contributed by atoms with van der Waals surface area (Å²) in [6, 6.07) is -0.340. The van der Waals surface area contributed by atoms with Crippen molar-refractivity contribution in [1.29, 1.82) is 0 Å². The Morgan fingerprint density at radius 3 is 2.76 bits per heavy atom. The first-order chi connectivity index (χ1) is 7.92. The van der Waals surface area contributed by atoms with Crippen molar-refractivity contribution in [3.05, 3.63) is 11.7 Å². The van der Waals surface area contributed by atoms with Crippen LogP contribution in [0.4, 0.5) is 13.2 Å². The smallest absolute Gasteiger partial charge is 0.372 e. The van der Waals surface area contributed by atoms with Crippen molar-refractivity contribution in [2.75, 3.05) is 13.2 Å². The minimum absolute atomic E-state index is 0.111. The molecule has 1 unspecified atom stereocenters. The van der Waals surface area contributed by atoms with Crippen molar-refractivity contribution in [1.82, 2.24) is 10.1 Å². The van der Waals surface area contributed by atoms with E-state index in [4.69, 9.17) is 10.3 Å². The summed E-state index contributed by atoms with van der Waals surface area (Å²) in [5.41, 5.74) is 5.64. The lowest BCUT2D eigenvalue weighted by Crippen LogP contribution is -2.18. The van der Waals surface area contributed by atoms with Crippen LogP contribution in [0.3, 0.4) is 0 Å². The molecule has 1 rings (SSSR count). The summed E-state index contributed by atoms with van der Waals surface area (Å²) in [6.07, 6.45) is -3.50. The molecule has 0 saturated carbocycles. The summed E-state index contributed by atoms with van der Waals surface area (Å²) in [6.45, 7) is 0.479. The van der Waals surface area contributed by atoms with Crippen LogP contribution < -0.4 is 5.73 Å². The molecule has 8 heteroatoms. The van der Waals surface area contributed by atoms with Gasteiger partial charge in [-0.05, 0) is 6.42 Å². The van der Waals surface area contributed by atoms with Gasteiger partial charge in [0.2, 0.25) is 5.89 Å². The van der Waals surface area contributed by atoms with E-state index in [0.717, 1.165) is 0 Å². The summed E-state index contributed by atoms with van der Waals surface area (Å²) in [5, 5.41) is 3.59. The van der Waals surface area contributed by atoms with Crippen LogP contribution in [0.1, 0.15) is 31.1 Å². The molecule has 0 saturated heterocycles. The highest BCUT2D eigenvalue weighted by Gasteiger charge is 2.27. The standard InChI is InChI=1S/C9H14F3N3O2/c1-2-6(13)8-14-7(15-17-8)3-4-16-5-9(10,11)12/h6H,2-5,13H2,1H3. The maximum Gasteiger partial charge on any atom is 0.411 e. The van der Waals surface area contributed by atoms with Crippen molar-refractivity contribution in [2.45, 2.75) is 32.0 Å². The average Bonchev–Trinajstić information content (AvgIpc) is 2.70. The molecule has 0 aliphatic rings. The van der Waals surface area contributed by atoms with E-state index in [-0.39, 0.29) is 19.1 Å². The number of aromatic nitrogens is 2. The number of alkyl halides is 3. The first kappa shape index (κ1) is 13.9. The zero-order valence-electron chi connectivity index (χ0n) is 9.33. The fraction of sp³-hybridized carbons (Fsp3) is 0.778. The van der Waals surface area contributed by atoms with E-state index in [1.807, 2.05) is 6.92 Å². The molecule has 2 N–H and O–H groups in total. The molecule has 0 radical (unpaired) electrons. The summed E-state index contributed by atoms with van der Waals surface area (Å²) in [5.74, 6) is 0.587. The summed E-state index contributed by atoms with van der Waals surface area (Å²) in [4.78, 5) is 3.95. The maximum atomic E-state index is 11.7. The van der Waals surface area contributed by atoms with Crippen molar-refractivity contribution in [2.24, 2.45) is 5.73 Å². The lowest BCUT2D eigenvalue weighted by atomic mass is 10.2. The highest BCUT2D eigenvalue weighted by atomic mass is 19.4. The number of hydrogen-bond acceptors (Lipinski definition) is 5. The first-order valence-corrected chi connectivity index (χ1v) is 5.15. The normalized spacial score (nSPS) is 13.9. The van der Waals surface area contributed by atoms with Crippen LogP contribution in [0, 0.1) is 0 Å². The molecule has 98 valence electrons. The molecule has 0 fully saturated rings. The van der Waals surface area contributed by atoms with Gasteiger partial charge in [0.05, 0.1) is 12.6 Å². The number of hydrogen-bond donors (Lipinski definition) is 1. The van der Waals surface area contributed by atoms with Gasteiger partial charge in [-0.25, -0.2) is 0 Å². The molecule has 5 nitrogen and oxygen atoms in total. The lowest BCUT2D eigenvalue weighted by Gasteiger charge is -2.05. The Kier molecular flexibility index (Phi) is 4.88. The van der Waals surface area contributed by atoms with E-state index in [0.29, 0.717) is 18.1 Å². The zero-order chi connectivity index (χ0) is 12.9. The Balaban J connectivity index is 2.30. The number of rotatable bonds is 6. The van der Waals surface area contributed by atoms with E-state index < -0.39 is 12.8 Å². The van der Waals surface area contributed by atoms with Gasteiger partial charge in [-0.15, -0.1) is 0 Å². The highest BCUT2D eigenvalue weighted by molar-refractivity contribution is 4.91. The maximum absolute atomic E-state index is 11.7. The molecule has 0 amide bonds. The van der Waals surface area contributed by atoms with Gasteiger partial charge in [-0.3, -0.25) is 0 Å². The van der Waals surface area contributed by atoms with Gasteiger partial charge in [0, 0.05) is 6.42 Å². The minimum atomic E-state index is -4.31. The first-order valence-electron chi connectivity index (χ1n) is 5.15. The molecule has 0 aliphatic heterocycles. The summed E-state index contributed by atoms with van der Waals surface area (Å²) < 4.78 is 44.5. The highest BCUT2D eigenvalue weighted by Crippen LogP contribution is 2.15. The van der Waals surface area contributed by atoms with Crippen LogP contribution >= 0.6 is 0 Å². The third-order valence-corrected chi connectivity index (χ3v) is 1.98. The number of halogens is 3. The fourth-order valence-electron chi connectivity index (χ4n) is 1.05. The SMILES string of the molecule is CCC(N)c1nc(CCOCC(F)(F)F)no1. The number of nitrogens with zero attached hydrogens (tertiary/aromatic N) is 2. The Labute approximate surface area is 96.1 Å². The van der Waals surface area contributed by atoms with Gasteiger partial charge in [0.25, 0.3) is 0 Å². The van der Waals surface area contributed by atoms with Crippen LogP contribution in [0.5, 0.6) is 0 Å². The number of nitrogens with two attached hydrogens (primary N) is 1. The molecular formula is C9H14F3N3O2. The molecule has 1 heterocycles. The lowest BCUT2D eigenvalue weighted by molar-refractivity contribution is -0.173. The van der Waals surface area contributed by atoms with Gasteiger partial charge in [-0.1, -0.05) is 12.1 Å². The Morgan fingerprint density at radius 1 is 1.47 bits per heavy atom. The van der Waals surface area contributed by atoms with Crippen molar-refractivity contribution in [3.63, 3.8) is 0 Å². The zero-order valence-corrected chi connectivity index (χ0v) is 9.33. The largest absolute Gasteiger partial charge is 0.411 e. The summed E-state index contributed by atoms with van der Waals surface area (Å²) >= 11 is 0. The van der Waals surface area contributed by atoms with Crippen LogP contribution in [-0.2, 0) is 11.2 Å². The van der Waals surface area contributed by atoms with E-state index >= 15 is 0 Å². The van der Waals surface area contributed by atoms with Crippen LogP contribution in [0.15, 0.2) is 4.52 Å². The molecular weight excluding hydrogens is 239 g/mol.